The number of aryl methyl sites for hydroxylation is 1. The summed E-state index contributed by atoms with van der Waals surface area (Å²) in [7, 11) is 1.41. The zero-order chi connectivity index (χ0) is 14.1. The second kappa shape index (κ2) is 6.39. The summed E-state index contributed by atoms with van der Waals surface area (Å²) in [6.45, 7) is 1.95. The van der Waals surface area contributed by atoms with Gasteiger partial charge < -0.3 is 4.74 Å². The molecule has 0 amide bonds. The van der Waals surface area contributed by atoms with Gasteiger partial charge in [-0.15, -0.1) is 24.0 Å². The van der Waals surface area contributed by atoms with Crippen LogP contribution in [0.4, 0.5) is 0 Å². The first-order chi connectivity index (χ1) is 9.69. The highest BCUT2D eigenvalue weighted by Crippen LogP contribution is 2.27. The summed E-state index contributed by atoms with van der Waals surface area (Å²) >= 11 is 0. The molecule has 4 heteroatoms. The lowest BCUT2D eigenvalue weighted by Gasteiger charge is -2.09. The predicted molar refractivity (Wildman–Crippen MR) is 95.1 cm³/mol. The molecule has 0 aliphatic carbocycles. The first-order valence-corrected chi connectivity index (χ1v) is 6.54. The Morgan fingerprint density at radius 1 is 1.14 bits per heavy atom. The van der Waals surface area contributed by atoms with Gasteiger partial charge in [-0.3, -0.25) is 9.78 Å². The summed E-state index contributed by atoms with van der Waals surface area (Å²) in [5.74, 6) is -0.231. The number of methoxy groups -OCH3 is 1. The number of aromatic nitrogens is 1. The highest BCUT2D eigenvalue weighted by molar-refractivity contribution is 14.0. The first-order valence-electron chi connectivity index (χ1n) is 6.54. The molecule has 3 nitrogen and oxygen atoms in total. The Morgan fingerprint density at radius 2 is 1.90 bits per heavy atom. The van der Waals surface area contributed by atoms with E-state index in [1.54, 1.807) is 0 Å². The maximum absolute atomic E-state index is 11.6. The van der Waals surface area contributed by atoms with E-state index in [4.69, 9.17) is 4.74 Å². The molecule has 0 radical (unpaired) electrons. The van der Waals surface area contributed by atoms with Crippen LogP contribution in [-0.4, -0.2) is 18.1 Å². The van der Waals surface area contributed by atoms with E-state index < -0.39 is 0 Å². The van der Waals surface area contributed by atoms with Crippen molar-refractivity contribution in [2.75, 3.05) is 7.11 Å². The van der Waals surface area contributed by atoms with Crippen molar-refractivity contribution < 1.29 is 9.53 Å². The molecule has 0 spiro atoms. The summed E-state index contributed by atoms with van der Waals surface area (Å²) in [4.78, 5) is 16.2. The van der Waals surface area contributed by atoms with Crippen molar-refractivity contribution in [2.45, 2.75) is 13.3 Å². The number of carbonyl (C=O) groups excluding carboxylic acids is 1. The third-order valence-electron chi connectivity index (χ3n) is 3.48. The topological polar surface area (TPSA) is 39.2 Å². The summed E-state index contributed by atoms with van der Waals surface area (Å²) < 4.78 is 4.77. The number of benzene rings is 2. The minimum atomic E-state index is -0.231. The van der Waals surface area contributed by atoms with Gasteiger partial charge >= 0.3 is 5.97 Å². The Balaban J connectivity index is 0.00000161. The fraction of sp³-hybridized carbons (Fsp3) is 0.176. The second-order valence-corrected chi connectivity index (χ2v) is 4.86. The fourth-order valence-corrected chi connectivity index (χ4v) is 2.55. The van der Waals surface area contributed by atoms with Crippen LogP contribution in [0.2, 0.25) is 0 Å². The molecule has 2 aromatic carbocycles. The number of fused-ring (bicyclic) bond motifs is 3. The van der Waals surface area contributed by atoms with Crippen molar-refractivity contribution in [3.05, 3.63) is 53.7 Å². The van der Waals surface area contributed by atoms with Gasteiger partial charge in [0.15, 0.2) is 0 Å². The van der Waals surface area contributed by atoms with Gasteiger partial charge in [-0.25, -0.2) is 0 Å². The Bertz CT molecular complexity index is 814. The third-order valence-corrected chi connectivity index (χ3v) is 3.48. The molecule has 0 saturated heterocycles. The van der Waals surface area contributed by atoms with Gasteiger partial charge in [0, 0.05) is 16.5 Å². The van der Waals surface area contributed by atoms with Crippen LogP contribution in [0.25, 0.3) is 21.7 Å². The van der Waals surface area contributed by atoms with E-state index in [1.165, 1.54) is 7.11 Å². The molecule has 0 atom stereocenters. The summed E-state index contributed by atoms with van der Waals surface area (Å²) in [5.41, 5.74) is 2.82. The Hall–Kier alpha value is -1.69. The van der Waals surface area contributed by atoms with Gasteiger partial charge in [0.25, 0.3) is 0 Å². The molecule has 0 saturated carbocycles. The maximum atomic E-state index is 11.6. The number of rotatable bonds is 2. The largest absolute Gasteiger partial charge is 0.469 e. The van der Waals surface area contributed by atoms with E-state index in [0.717, 1.165) is 32.9 Å². The van der Waals surface area contributed by atoms with Crippen LogP contribution in [0.15, 0.2) is 42.5 Å². The lowest BCUT2D eigenvalue weighted by molar-refractivity contribution is -0.139. The lowest BCUT2D eigenvalue weighted by atomic mass is 10.0. The van der Waals surface area contributed by atoms with E-state index in [-0.39, 0.29) is 36.4 Å². The third kappa shape index (κ3) is 3.00. The molecule has 3 rings (SSSR count). The fourth-order valence-electron chi connectivity index (χ4n) is 2.55. The van der Waals surface area contributed by atoms with Crippen LogP contribution >= 0.6 is 24.0 Å². The van der Waals surface area contributed by atoms with Crippen molar-refractivity contribution in [2.24, 2.45) is 0 Å². The van der Waals surface area contributed by atoms with Crippen molar-refractivity contribution in [1.29, 1.82) is 0 Å². The van der Waals surface area contributed by atoms with Crippen molar-refractivity contribution in [1.82, 2.24) is 4.98 Å². The van der Waals surface area contributed by atoms with Gasteiger partial charge in [0.1, 0.15) is 0 Å². The summed E-state index contributed by atoms with van der Waals surface area (Å²) in [6, 6.07) is 14.2. The van der Waals surface area contributed by atoms with Gasteiger partial charge in [0.05, 0.1) is 19.0 Å². The minimum absolute atomic E-state index is 0. The minimum Gasteiger partial charge on any atom is -0.469 e. The molecule has 3 aromatic rings. The zero-order valence-corrected chi connectivity index (χ0v) is 14.3. The van der Waals surface area contributed by atoms with E-state index in [9.17, 15) is 4.79 Å². The molecule has 0 fully saturated rings. The number of hydrogen-bond donors (Lipinski definition) is 0. The average Bonchev–Trinajstić information content (AvgIpc) is 2.46. The maximum Gasteiger partial charge on any atom is 0.310 e. The molecular weight excluding hydrogens is 377 g/mol. The molecule has 0 unspecified atom stereocenters. The predicted octanol–water partition coefficient (Wildman–Crippen LogP) is 4.03. The standard InChI is InChI=1S/C17H15NO2.HI/c1-11-9-13(10-16(19)20-2)15-8-7-12-5-3-4-6-14(12)17(15)18-11;/h3-9H,10H2,1-2H3;1H. The lowest BCUT2D eigenvalue weighted by Crippen LogP contribution is -2.05. The Morgan fingerprint density at radius 3 is 2.67 bits per heavy atom. The highest BCUT2D eigenvalue weighted by atomic mass is 127. The molecule has 1 heterocycles. The van der Waals surface area contributed by atoms with Crippen LogP contribution < -0.4 is 0 Å². The molecule has 0 bridgehead atoms. The summed E-state index contributed by atoms with van der Waals surface area (Å²) in [6.07, 6.45) is 0.273. The molecule has 0 aliphatic heterocycles. The molecule has 21 heavy (non-hydrogen) atoms. The van der Waals surface area contributed by atoms with Crippen LogP contribution in [0, 0.1) is 6.92 Å². The molecule has 1 aromatic heterocycles. The highest BCUT2D eigenvalue weighted by Gasteiger charge is 2.11. The molecule has 0 aliphatic rings. The van der Waals surface area contributed by atoms with Crippen molar-refractivity contribution in [3.8, 4) is 0 Å². The average molecular weight is 393 g/mol. The smallest absolute Gasteiger partial charge is 0.310 e. The van der Waals surface area contributed by atoms with Crippen LogP contribution in [0.3, 0.4) is 0 Å². The Kier molecular flexibility index (Phi) is 4.77. The van der Waals surface area contributed by atoms with Crippen LogP contribution in [-0.2, 0) is 16.0 Å². The monoisotopic (exact) mass is 393 g/mol. The number of halogens is 1. The number of esters is 1. The number of ether oxygens (including phenoxy) is 1. The van der Waals surface area contributed by atoms with Crippen LogP contribution in [0.5, 0.6) is 0 Å². The second-order valence-electron chi connectivity index (χ2n) is 4.86. The number of hydrogen-bond acceptors (Lipinski definition) is 3. The van der Waals surface area contributed by atoms with Gasteiger partial charge in [-0.1, -0.05) is 36.4 Å². The first kappa shape index (κ1) is 15.7. The van der Waals surface area contributed by atoms with Gasteiger partial charge in [-0.05, 0) is 23.9 Å². The molecule has 108 valence electrons. The normalized spacial score (nSPS) is 10.4. The van der Waals surface area contributed by atoms with Crippen LogP contribution in [0.1, 0.15) is 11.3 Å². The Labute approximate surface area is 140 Å². The van der Waals surface area contributed by atoms with Gasteiger partial charge in [0.2, 0.25) is 0 Å². The van der Waals surface area contributed by atoms with Crippen molar-refractivity contribution in [3.63, 3.8) is 0 Å². The zero-order valence-electron chi connectivity index (χ0n) is 11.9. The summed E-state index contributed by atoms with van der Waals surface area (Å²) in [5, 5.41) is 3.28. The number of carbonyl (C=O) groups is 1. The van der Waals surface area contributed by atoms with E-state index >= 15 is 0 Å². The van der Waals surface area contributed by atoms with E-state index in [1.807, 2.05) is 31.2 Å². The van der Waals surface area contributed by atoms with E-state index in [2.05, 4.69) is 23.2 Å². The quantitative estimate of drug-likeness (QED) is 0.375. The van der Waals surface area contributed by atoms with E-state index in [0.29, 0.717) is 0 Å². The number of pyridine rings is 1. The SMILES string of the molecule is COC(=O)Cc1cc(C)nc2c1ccc1ccccc12.I. The molecule has 0 N–H and O–H groups in total. The molecular formula is C17H16INO2. The number of nitrogens with zero attached hydrogens (tertiary/aromatic N) is 1. The van der Waals surface area contributed by atoms with Gasteiger partial charge in [-0.2, -0.15) is 0 Å². The van der Waals surface area contributed by atoms with Crippen molar-refractivity contribution >= 4 is 51.6 Å².